The van der Waals surface area contributed by atoms with Crippen LogP contribution in [0.3, 0.4) is 0 Å². The summed E-state index contributed by atoms with van der Waals surface area (Å²) in [6.45, 7) is 0.657. The van der Waals surface area contributed by atoms with Crippen molar-refractivity contribution in [3.63, 3.8) is 0 Å². The molecule has 0 saturated heterocycles. The topological polar surface area (TPSA) is 60.5 Å². The third kappa shape index (κ3) is 5.10. The summed E-state index contributed by atoms with van der Waals surface area (Å²) in [5.74, 6) is 0.518. The molecule has 1 aromatic carbocycles. The van der Waals surface area contributed by atoms with Gasteiger partial charge in [0, 0.05) is 23.0 Å². The van der Waals surface area contributed by atoms with Crippen LogP contribution in [0.4, 0.5) is 0 Å². The second-order valence-corrected chi connectivity index (χ2v) is 8.13. The first-order valence-corrected chi connectivity index (χ1v) is 10.4. The van der Waals surface area contributed by atoms with Crippen LogP contribution in [0, 0.1) is 5.92 Å². The monoisotopic (exact) mass is 400 g/mol. The van der Waals surface area contributed by atoms with Gasteiger partial charge in [0.05, 0.1) is 18.2 Å². The quantitative estimate of drug-likeness (QED) is 0.535. The average molecular weight is 401 g/mol. The smallest absolute Gasteiger partial charge is 0.253 e. The van der Waals surface area contributed by atoms with Crippen LogP contribution in [-0.4, -0.2) is 29.6 Å². The molecule has 2 saturated carbocycles. The Balaban J connectivity index is 1.40. The highest BCUT2D eigenvalue weighted by Crippen LogP contribution is 2.30. The van der Waals surface area contributed by atoms with Gasteiger partial charge >= 0.3 is 0 Å². The summed E-state index contributed by atoms with van der Waals surface area (Å²) in [5.41, 5.74) is 2.39. The van der Waals surface area contributed by atoms with Gasteiger partial charge in [-0.1, -0.05) is 36.6 Å². The van der Waals surface area contributed by atoms with Gasteiger partial charge in [-0.05, 0) is 55.4 Å². The van der Waals surface area contributed by atoms with Crippen LogP contribution in [0.2, 0.25) is 5.02 Å². The number of carbonyl (C=O) groups is 1. The summed E-state index contributed by atoms with van der Waals surface area (Å²) in [6.07, 6.45) is 9.68. The molecule has 2 fully saturated rings. The molecule has 0 radical (unpaired) electrons. The van der Waals surface area contributed by atoms with Crippen LogP contribution >= 0.6 is 11.6 Å². The molecule has 2 aromatic rings. The number of benzene rings is 1. The van der Waals surface area contributed by atoms with E-state index < -0.39 is 0 Å². The van der Waals surface area contributed by atoms with Crippen LogP contribution in [0.5, 0.6) is 0 Å². The Morgan fingerprint density at radius 3 is 2.64 bits per heavy atom. The number of aromatic nitrogens is 1. The maximum Gasteiger partial charge on any atom is 0.253 e. The normalized spacial score (nSPS) is 22.0. The molecule has 28 heavy (non-hydrogen) atoms. The Hall–Kier alpha value is -1.95. The minimum Gasteiger partial charge on any atom is -0.347 e. The minimum atomic E-state index is -0.133. The fourth-order valence-corrected chi connectivity index (χ4v) is 3.63. The Labute approximate surface area is 170 Å². The lowest BCUT2D eigenvalue weighted by atomic mass is 9.92. The van der Waals surface area contributed by atoms with E-state index in [0.717, 1.165) is 36.8 Å². The molecule has 1 amide bonds. The van der Waals surface area contributed by atoms with Crippen molar-refractivity contribution in [1.82, 2.24) is 10.3 Å². The van der Waals surface area contributed by atoms with Gasteiger partial charge in [-0.15, -0.1) is 0 Å². The standard InChI is InChI=1S/C22H25ClN2O3/c23-19-9-7-16(8-10-19)17-11-18(13-24-12-17)22(26)25-20-3-1-2-4-21(20)28-27-14-15-5-6-15/h7-13,15,20-21H,1-6,14H2,(H,25,26)/t20-,21-/m1/s1. The third-order valence-corrected chi connectivity index (χ3v) is 5.64. The largest absolute Gasteiger partial charge is 0.347 e. The molecule has 148 valence electrons. The number of amides is 1. The fourth-order valence-electron chi connectivity index (χ4n) is 3.50. The molecule has 0 aliphatic heterocycles. The number of hydrogen-bond donors (Lipinski definition) is 1. The summed E-state index contributed by atoms with van der Waals surface area (Å²) in [5, 5.41) is 3.80. The lowest BCUT2D eigenvalue weighted by Gasteiger charge is -2.31. The van der Waals surface area contributed by atoms with Gasteiger partial charge in [-0.25, -0.2) is 9.78 Å². The van der Waals surface area contributed by atoms with Crippen molar-refractivity contribution < 1.29 is 14.6 Å². The van der Waals surface area contributed by atoms with E-state index in [1.54, 1.807) is 12.4 Å². The first kappa shape index (κ1) is 19.4. The van der Waals surface area contributed by atoms with E-state index in [9.17, 15) is 4.79 Å². The summed E-state index contributed by atoms with van der Waals surface area (Å²) in [7, 11) is 0. The summed E-state index contributed by atoms with van der Waals surface area (Å²) in [4.78, 5) is 28.1. The van der Waals surface area contributed by atoms with Gasteiger partial charge in [0.25, 0.3) is 5.91 Å². The van der Waals surface area contributed by atoms with Crippen molar-refractivity contribution >= 4 is 17.5 Å². The van der Waals surface area contributed by atoms with Crippen LogP contribution in [0.15, 0.2) is 42.7 Å². The van der Waals surface area contributed by atoms with Gasteiger partial charge in [0.1, 0.15) is 6.10 Å². The van der Waals surface area contributed by atoms with Crippen LogP contribution < -0.4 is 5.32 Å². The summed E-state index contributed by atoms with van der Waals surface area (Å²) in [6, 6.07) is 9.31. The lowest BCUT2D eigenvalue weighted by molar-refractivity contribution is -0.334. The van der Waals surface area contributed by atoms with E-state index in [4.69, 9.17) is 21.4 Å². The first-order valence-electron chi connectivity index (χ1n) is 9.99. The van der Waals surface area contributed by atoms with Gasteiger partial charge in [0.15, 0.2) is 0 Å². The van der Waals surface area contributed by atoms with Crippen molar-refractivity contribution in [1.29, 1.82) is 0 Å². The molecule has 2 atom stereocenters. The molecule has 2 aliphatic rings. The zero-order valence-corrected chi connectivity index (χ0v) is 16.5. The molecule has 4 rings (SSSR count). The molecule has 1 heterocycles. The number of hydrogen-bond acceptors (Lipinski definition) is 4. The minimum absolute atomic E-state index is 0.0420. The molecular weight excluding hydrogens is 376 g/mol. The van der Waals surface area contributed by atoms with E-state index in [1.165, 1.54) is 12.8 Å². The van der Waals surface area contributed by atoms with Crippen molar-refractivity contribution in [3.05, 3.63) is 53.3 Å². The van der Waals surface area contributed by atoms with Crippen LogP contribution in [0.1, 0.15) is 48.9 Å². The highest BCUT2D eigenvalue weighted by molar-refractivity contribution is 6.30. The number of nitrogens with one attached hydrogen (secondary N) is 1. The van der Waals surface area contributed by atoms with Gasteiger partial charge in [-0.2, -0.15) is 0 Å². The van der Waals surface area contributed by atoms with Crippen molar-refractivity contribution in [2.75, 3.05) is 6.61 Å². The van der Waals surface area contributed by atoms with Crippen LogP contribution in [0.25, 0.3) is 11.1 Å². The zero-order chi connectivity index (χ0) is 19.3. The van der Waals surface area contributed by atoms with Gasteiger partial charge < -0.3 is 5.32 Å². The Morgan fingerprint density at radius 1 is 1.07 bits per heavy atom. The number of pyridine rings is 1. The van der Waals surface area contributed by atoms with Crippen molar-refractivity contribution in [2.24, 2.45) is 5.92 Å². The number of nitrogens with zero attached hydrogens (tertiary/aromatic N) is 1. The number of carbonyl (C=O) groups excluding carboxylic acids is 1. The third-order valence-electron chi connectivity index (χ3n) is 5.39. The molecule has 0 spiro atoms. The summed E-state index contributed by atoms with van der Waals surface area (Å²) >= 11 is 5.96. The Kier molecular flexibility index (Phi) is 6.25. The van der Waals surface area contributed by atoms with E-state index in [-0.39, 0.29) is 18.1 Å². The van der Waals surface area contributed by atoms with E-state index >= 15 is 0 Å². The second kappa shape index (κ2) is 9.03. The Bertz CT molecular complexity index is 808. The first-order chi connectivity index (χ1) is 13.7. The van der Waals surface area contributed by atoms with Gasteiger partial charge in [0.2, 0.25) is 0 Å². The average Bonchev–Trinajstić information content (AvgIpc) is 3.54. The zero-order valence-electron chi connectivity index (χ0n) is 15.8. The molecule has 1 aromatic heterocycles. The van der Waals surface area contributed by atoms with Crippen molar-refractivity contribution in [2.45, 2.75) is 50.7 Å². The predicted molar refractivity (Wildman–Crippen MR) is 108 cm³/mol. The fraction of sp³-hybridized carbons (Fsp3) is 0.455. The van der Waals surface area contributed by atoms with E-state index in [0.29, 0.717) is 23.1 Å². The maximum absolute atomic E-state index is 12.8. The molecule has 6 heteroatoms. The molecule has 5 nitrogen and oxygen atoms in total. The van der Waals surface area contributed by atoms with Gasteiger partial charge in [-0.3, -0.25) is 9.78 Å². The highest BCUT2D eigenvalue weighted by atomic mass is 35.5. The SMILES string of the molecule is O=C(N[C@@H]1CCCC[C@H]1OOCC1CC1)c1cncc(-c2ccc(Cl)cc2)c1. The molecule has 0 bridgehead atoms. The maximum atomic E-state index is 12.8. The second-order valence-electron chi connectivity index (χ2n) is 7.70. The number of halogens is 1. The van der Waals surface area contributed by atoms with Crippen LogP contribution in [-0.2, 0) is 9.78 Å². The molecular formula is C22H25ClN2O3. The molecule has 2 aliphatic carbocycles. The highest BCUT2D eigenvalue weighted by Gasteiger charge is 2.30. The lowest BCUT2D eigenvalue weighted by Crippen LogP contribution is -2.46. The van der Waals surface area contributed by atoms with Crippen molar-refractivity contribution in [3.8, 4) is 11.1 Å². The molecule has 0 unspecified atom stereocenters. The van der Waals surface area contributed by atoms with E-state index in [1.807, 2.05) is 30.3 Å². The predicted octanol–water partition coefficient (Wildman–Crippen LogP) is 4.80. The summed E-state index contributed by atoms with van der Waals surface area (Å²) < 4.78 is 0. The molecule has 1 N–H and O–H groups in total. The Morgan fingerprint density at radius 2 is 1.86 bits per heavy atom. The number of rotatable bonds is 7. The van der Waals surface area contributed by atoms with E-state index in [2.05, 4.69) is 10.3 Å².